The van der Waals surface area contributed by atoms with Crippen molar-refractivity contribution < 1.29 is 4.79 Å². The summed E-state index contributed by atoms with van der Waals surface area (Å²) in [4.78, 5) is 13.3. The molecular weight excluding hydrogens is 176 g/mol. The first-order valence-electron chi connectivity index (χ1n) is 5.11. The molecule has 0 aliphatic heterocycles. The minimum atomic E-state index is 0.192. The van der Waals surface area contributed by atoms with Crippen LogP contribution in [0.2, 0.25) is 0 Å². The van der Waals surface area contributed by atoms with Crippen molar-refractivity contribution >= 4 is 5.91 Å². The van der Waals surface area contributed by atoms with Gasteiger partial charge in [-0.05, 0) is 19.8 Å². The van der Waals surface area contributed by atoms with Gasteiger partial charge >= 0.3 is 0 Å². The van der Waals surface area contributed by atoms with Crippen LogP contribution >= 0.6 is 0 Å². The van der Waals surface area contributed by atoms with Crippen molar-refractivity contribution in [1.29, 1.82) is 0 Å². The molecule has 0 unspecified atom stereocenters. The number of rotatable bonds is 5. The molecule has 0 heterocycles. The Morgan fingerprint density at radius 2 is 2.29 bits per heavy atom. The number of nitrogens with zero attached hydrogens (tertiary/aromatic N) is 1. The monoisotopic (exact) mass is 194 g/mol. The van der Waals surface area contributed by atoms with Gasteiger partial charge in [-0.15, -0.1) is 11.8 Å². The molecule has 14 heavy (non-hydrogen) atoms. The molecule has 78 valence electrons. The van der Waals surface area contributed by atoms with Crippen LogP contribution in [0.4, 0.5) is 0 Å². The standard InChI is InChI=1S/C11H18N2O/c1-3-4-5-8-12-9-11(14)13(2)10-6-7-10/h10,12H,5-9H2,1-2H3. The summed E-state index contributed by atoms with van der Waals surface area (Å²) in [5, 5.41) is 3.09. The number of likely N-dealkylation sites (N-methyl/N-ethyl adjacent to an activating group) is 1. The normalized spacial score (nSPS) is 14.4. The zero-order valence-corrected chi connectivity index (χ0v) is 8.97. The van der Waals surface area contributed by atoms with Gasteiger partial charge in [0.15, 0.2) is 0 Å². The Morgan fingerprint density at radius 1 is 1.57 bits per heavy atom. The third-order valence-electron chi connectivity index (χ3n) is 2.37. The molecular formula is C11H18N2O. The van der Waals surface area contributed by atoms with E-state index in [1.54, 1.807) is 0 Å². The molecule has 1 fully saturated rings. The van der Waals surface area contributed by atoms with Crippen LogP contribution < -0.4 is 5.32 Å². The summed E-state index contributed by atoms with van der Waals surface area (Å²) in [5.41, 5.74) is 0. The van der Waals surface area contributed by atoms with Gasteiger partial charge in [0, 0.05) is 26.1 Å². The second kappa shape index (κ2) is 5.66. The average Bonchev–Trinajstić information content (AvgIpc) is 2.99. The molecule has 1 rings (SSSR count). The van der Waals surface area contributed by atoms with Crippen molar-refractivity contribution in [3.8, 4) is 11.8 Å². The first kappa shape index (κ1) is 11.1. The first-order chi connectivity index (χ1) is 6.75. The van der Waals surface area contributed by atoms with Crippen LogP contribution in [0, 0.1) is 11.8 Å². The highest BCUT2D eigenvalue weighted by Gasteiger charge is 2.28. The lowest BCUT2D eigenvalue weighted by molar-refractivity contribution is -0.129. The van der Waals surface area contributed by atoms with Gasteiger partial charge in [-0.1, -0.05) is 0 Å². The van der Waals surface area contributed by atoms with E-state index >= 15 is 0 Å². The molecule has 0 bridgehead atoms. The second-order valence-electron chi connectivity index (χ2n) is 3.59. The lowest BCUT2D eigenvalue weighted by atomic mass is 10.4. The lowest BCUT2D eigenvalue weighted by Crippen LogP contribution is -2.37. The fourth-order valence-electron chi connectivity index (χ4n) is 1.26. The van der Waals surface area contributed by atoms with Crippen molar-refractivity contribution in [3.05, 3.63) is 0 Å². The highest BCUT2D eigenvalue weighted by Crippen LogP contribution is 2.24. The van der Waals surface area contributed by atoms with E-state index in [-0.39, 0.29) is 5.91 Å². The fraction of sp³-hybridized carbons (Fsp3) is 0.727. The molecule has 1 N–H and O–H groups in total. The number of carbonyl (C=O) groups is 1. The van der Waals surface area contributed by atoms with Gasteiger partial charge < -0.3 is 10.2 Å². The van der Waals surface area contributed by atoms with Gasteiger partial charge in [0.05, 0.1) is 6.54 Å². The summed E-state index contributed by atoms with van der Waals surface area (Å²) in [7, 11) is 1.88. The molecule has 1 aliphatic carbocycles. The average molecular weight is 194 g/mol. The molecule has 0 spiro atoms. The fourth-order valence-corrected chi connectivity index (χ4v) is 1.26. The smallest absolute Gasteiger partial charge is 0.236 e. The number of amides is 1. The molecule has 3 nitrogen and oxygen atoms in total. The summed E-state index contributed by atoms with van der Waals surface area (Å²) in [6.45, 7) is 3.06. The highest BCUT2D eigenvalue weighted by atomic mass is 16.2. The van der Waals surface area contributed by atoms with Crippen LogP contribution in [0.5, 0.6) is 0 Å². The molecule has 0 aromatic rings. The summed E-state index contributed by atoms with van der Waals surface area (Å²) in [6.07, 6.45) is 3.16. The number of hydrogen-bond donors (Lipinski definition) is 1. The highest BCUT2D eigenvalue weighted by molar-refractivity contribution is 5.78. The number of hydrogen-bond acceptors (Lipinski definition) is 2. The van der Waals surface area contributed by atoms with Crippen molar-refractivity contribution in [2.75, 3.05) is 20.1 Å². The Kier molecular flexibility index (Phi) is 4.48. The Hall–Kier alpha value is -1.01. The van der Waals surface area contributed by atoms with Gasteiger partial charge in [-0.3, -0.25) is 4.79 Å². The van der Waals surface area contributed by atoms with Crippen LogP contribution in [0.25, 0.3) is 0 Å². The zero-order chi connectivity index (χ0) is 10.4. The third kappa shape index (κ3) is 3.80. The Bertz CT molecular complexity index is 248. The predicted octanol–water partition coefficient (Wildman–Crippen LogP) is 0.610. The van der Waals surface area contributed by atoms with Gasteiger partial charge in [-0.2, -0.15) is 0 Å². The van der Waals surface area contributed by atoms with Gasteiger partial charge in [0.2, 0.25) is 5.91 Å². The molecule has 0 radical (unpaired) electrons. The first-order valence-corrected chi connectivity index (χ1v) is 5.11. The van der Waals surface area contributed by atoms with E-state index in [0.29, 0.717) is 12.6 Å². The molecule has 0 saturated heterocycles. The van der Waals surface area contributed by atoms with E-state index in [0.717, 1.165) is 13.0 Å². The zero-order valence-electron chi connectivity index (χ0n) is 8.97. The summed E-state index contributed by atoms with van der Waals surface area (Å²) in [6, 6.07) is 0.514. The van der Waals surface area contributed by atoms with Gasteiger partial charge in [0.25, 0.3) is 0 Å². The molecule has 0 aromatic carbocycles. The van der Waals surface area contributed by atoms with E-state index in [4.69, 9.17) is 0 Å². The summed E-state index contributed by atoms with van der Waals surface area (Å²) >= 11 is 0. The van der Waals surface area contributed by atoms with Crippen LogP contribution in [-0.4, -0.2) is 37.0 Å². The van der Waals surface area contributed by atoms with Crippen LogP contribution in [0.1, 0.15) is 26.2 Å². The van der Waals surface area contributed by atoms with Crippen LogP contribution in [0.3, 0.4) is 0 Å². The maximum absolute atomic E-state index is 11.5. The van der Waals surface area contributed by atoms with Crippen molar-refractivity contribution in [2.45, 2.75) is 32.2 Å². The van der Waals surface area contributed by atoms with Crippen molar-refractivity contribution in [1.82, 2.24) is 10.2 Å². The summed E-state index contributed by atoms with van der Waals surface area (Å²) in [5.74, 6) is 5.96. The van der Waals surface area contributed by atoms with E-state index in [1.165, 1.54) is 12.8 Å². The molecule has 1 aliphatic rings. The second-order valence-corrected chi connectivity index (χ2v) is 3.59. The molecule has 3 heteroatoms. The quantitative estimate of drug-likeness (QED) is 0.514. The van der Waals surface area contributed by atoms with Crippen molar-refractivity contribution in [3.63, 3.8) is 0 Å². The molecule has 0 atom stereocenters. The molecule has 1 saturated carbocycles. The van der Waals surface area contributed by atoms with E-state index in [1.807, 2.05) is 18.9 Å². The van der Waals surface area contributed by atoms with E-state index in [2.05, 4.69) is 17.2 Å². The van der Waals surface area contributed by atoms with E-state index in [9.17, 15) is 4.79 Å². The summed E-state index contributed by atoms with van der Waals surface area (Å²) < 4.78 is 0. The Labute approximate surface area is 85.9 Å². The number of carbonyl (C=O) groups excluding carboxylic acids is 1. The lowest BCUT2D eigenvalue weighted by Gasteiger charge is -2.16. The number of nitrogens with one attached hydrogen (secondary N) is 1. The van der Waals surface area contributed by atoms with Crippen LogP contribution in [0.15, 0.2) is 0 Å². The maximum atomic E-state index is 11.5. The third-order valence-corrected chi connectivity index (χ3v) is 2.37. The SMILES string of the molecule is CC#CCCNCC(=O)N(C)C1CC1. The van der Waals surface area contributed by atoms with Gasteiger partial charge in [-0.25, -0.2) is 0 Å². The predicted molar refractivity (Wildman–Crippen MR) is 56.7 cm³/mol. The minimum absolute atomic E-state index is 0.192. The molecule has 0 aromatic heterocycles. The largest absolute Gasteiger partial charge is 0.342 e. The Morgan fingerprint density at radius 3 is 2.86 bits per heavy atom. The Balaban J connectivity index is 2.04. The topological polar surface area (TPSA) is 32.3 Å². The maximum Gasteiger partial charge on any atom is 0.236 e. The van der Waals surface area contributed by atoms with E-state index < -0.39 is 0 Å². The van der Waals surface area contributed by atoms with Crippen molar-refractivity contribution in [2.24, 2.45) is 0 Å². The minimum Gasteiger partial charge on any atom is -0.342 e. The molecule has 1 amide bonds. The van der Waals surface area contributed by atoms with Gasteiger partial charge in [0.1, 0.15) is 0 Å². The van der Waals surface area contributed by atoms with Crippen LogP contribution in [-0.2, 0) is 4.79 Å².